The molecule has 1 unspecified atom stereocenters. The minimum Gasteiger partial charge on any atom is -0.507 e. The van der Waals surface area contributed by atoms with E-state index in [-0.39, 0.29) is 16.6 Å². The maximum absolute atomic E-state index is 11.8. The Balaban J connectivity index is 2.40. The van der Waals surface area contributed by atoms with Crippen molar-refractivity contribution in [1.29, 1.82) is 0 Å². The summed E-state index contributed by atoms with van der Waals surface area (Å²) in [6.07, 6.45) is -1.14. The number of hydrogen-bond donors (Lipinski definition) is 3. The predicted octanol–water partition coefficient (Wildman–Crippen LogP) is 4.90. The van der Waals surface area contributed by atoms with Crippen molar-refractivity contribution < 1.29 is 29.1 Å². The van der Waals surface area contributed by atoms with Gasteiger partial charge in [-0.3, -0.25) is 4.79 Å². The molecule has 2 aromatic rings. The van der Waals surface area contributed by atoms with Crippen LogP contribution >= 0.6 is 0 Å². The number of benzene rings is 1. The van der Waals surface area contributed by atoms with Gasteiger partial charge in [0.2, 0.25) is 0 Å². The minimum absolute atomic E-state index is 0.275. The Morgan fingerprint density at radius 1 is 1.10 bits per heavy atom. The Hall–Kier alpha value is -3.03. The van der Waals surface area contributed by atoms with Crippen molar-refractivity contribution in [1.82, 2.24) is 10.5 Å². The van der Waals surface area contributed by atoms with Gasteiger partial charge in [-0.2, -0.15) is 0 Å². The van der Waals surface area contributed by atoms with Crippen molar-refractivity contribution in [3.63, 3.8) is 0 Å². The number of nitrogens with zero attached hydrogens (tertiary/aromatic N) is 1. The summed E-state index contributed by atoms with van der Waals surface area (Å²) in [6.45, 7) is 13.5. The first-order valence-electron chi connectivity index (χ1n) is 10.2. The minimum atomic E-state index is -1.16. The Morgan fingerprint density at radius 2 is 1.65 bits per heavy atom. The highest BCUT2D eigenvalue weighted by molar-refractivity contribution is 5.76. The summed E-state index contributed by atoms with van der Waals surface area (Å²) in [5.74, 6) is -0.536. The highest BCUT2D eigenvalue weighted by atomic mass is 16.6. The van der Waals surface area contributed by atoms with Crippen LogP contribution in [0, 0.1) is 0 Å². The Labute approximate surface area is 182 Å². The van der Waals surface area contributed by atoms with E-state index in [9.17, 15) is 14.7 Å². The normalized spacial score (nSPS) is 13.0. The molecule has 31 heavy (non-hydrogen) atoms. The van der Waals surface area contributed by atoms with Crippen LogP contribution in [0.4, 0.5) is 4.79 Å². The van der Waals surface area contributed by atoms with Crippen LogP contribution in [0.5, 0.6) is 5.75 Å². The number of alkyl carbamates (subject to hydrolysis) is 1. The van der Waals surface area contributed by atoms with Gasteiger partial charge in [0.1, 0.15) is 18.0 Å². The zero-order valence-corrected chi connectivity index (χ0v) is 19.2. The largest absolute Gasteiger partial charge is 0.507 e. The number of phenols is 1. The third-order valence-corrected chi connectivity index (χ3v) is 4.87. The molecule has 0 saturated heterocycles. The molecule has 0 fully saturated rings. The van der Waals surface area contributed by atoms with Crippen LogP contribution in [0.15, 0.2) is 22.7 Å². The van der Waals surface area contributed by atoms with E-state index in [1.165, 1.54) is 0 Å². The standard InChI is InChI=1S/C23H32N2O6/c1-8-17(30-21(29)24-12-19(26)27)18-11-16(25-31-18)13-9-14(22(2,3)4)20(28)15(10-13)23(5,6)7/h9-11,17,28H,8,12H2,1-7H3,(H,24,29)(H,26,27). The number of rotatable bonds is 6. The fourth-order valence-electron chi connectivity index (χ4n) is 3.16. The molecule has 170 valence electrons. The summed E-state index contributed by atoms with van der Waals surface area (Å²) in [7, 11) is 0. The SMILES string of the molecule is CCC(OC(=O)NCC(=O)O)c1cc(-c2cc(C(C)(C)C)c(O)c(C(C)(C)C)c2)no1. The molecule has 0 radical (unpaired) electrons. The average molecular weight is 433 g/mol. The number of carbonyl (C=O) groups excluding carboxylic acids is 1. The van der Waals surface area contributed by atoms with E-state index >= 15 is 0 Å². The lowest BCUT2D eigenvalue weighted by molar-refractivity contribution is -0.135. The fraction of sp³-hybridized carbons (Fsp3) is 0.522. The number of aromatic nitrogens is 1. The number of carbonyl (C=O) groups is 2. The molecule has 1 aromatic heterocycles. The molecule has 2 rings (SSSR count). The first-order chi connectivity index (χ1) is 14.2. The van der Waals surface area contributed by atoms with Crippen LogP contribution < -0.4 is 5.32 Å². The summed E-state index contributed by atoms with van der Waals surface area (Å²) in [5.41, 5.74) is 2.37. The van der Waals surface area contributed by atoms with Gasteiger partial charge in [0, 0.05) is 22.8 Å². The summed E-state index contributed by atoms with van der Waals surface area (Å²) in [4.78, 5) is 22.4. The molecule has 1 heterocycles. The van der Waals surface area contributed by atoms with E-state index < -0.39 is 24.7 Å². The Morgan fingerprint density at radius 3 is 2.10 bits per heavy atom. The molecule has 8 nitrogen and oxygen atoms in total. The predicted molar refractivity (Wildman–Crippen MR) is 116 cm³/mol. The number of carboxylic acids is 1. The van der Waals surface area contributed by atoms with Gasteiger partial charge in [-0.1, -0.05) is 53.6 Å². The summed E-state index contributed by atoms with van der Waals surface area (Å²) in [5, 5.41) is 25.9. The number of carboxylic acid groups (broad SMARTS) is 1. The summed E-state index contributed by atoms with van der Waals surface area (Å²) >= 11 is 0. The van der Waals surface area contributed by atoms with E-state index in [0.29, 0.717) is 17.9 Å². The summed E-state index contributed by atoms with van der Waals surface area (Å²) in [6, 6.07) is 5.49. The van der Waals surface area contributed by atoms with E-state index in [4.69, 9.17) is 14.4 Å². The lowest BCUT2D eigenvalue weighted by Crippen LogP contribution is -2.30. The van der Waals surface area contributed by atoms with Gasteiger partial charge in [0.15, 0.2) is 11.9 Å². The van der Waals surface area contributed by atoms with Crippen molar-refractivity contribution in [2.75, 3.05) is 6.54 Å². The third-order valence-electron chi connectivity index (χ3n) is 4.87. The molecule has 0 spiro atoms. The van der Waals surface area contributed by atoms with E-state index in [1.54, 1.807) is 6.07 Å². The number of hydrogen-bond acceptors (Lipinski definition) is 6. The van der Waals surface area contributed by atoms with Crippen LogP contribution in [0.25, 0.3) is 11.3 Å². The van der Waals surface area contributed by atoms with E-state index in [0.717, 1.165) is 16.7 Å². The molecular formula is C23H32N2O6. The monoisotopic (exact) mass is 432 g/mol. The first-order valence-corrected chi connectivity index (χ1v) is 10.2. The first kappa shape index (κ1) is 24.2. The average Bonchev–Trinajstić information content (AvgIpc) is 3.12. The number of phenolic OH excluding ortho intramolecular Hbond substituents is 1. The number of amides is 1. The van der Waals surface area contributed by atoms with Gasteiger partial charge < -0.3 is 24.8 Å². The van der Waals surface area contributed by atoms with Gasteiger partial charge in [0.05, 0.1) is 0 Å². The van der Waals surface area contributed by atoms with Crippen LogP contribution in [0.2, 0.25) is 0 Å². The van der Waals surface area contributed by atoms with Gasteiger partial charge in [0.25, 0.3) is 0 Å². The second-order valence-electron chi connectivity index (χ2n) is 9.58. The lowest BCUT2D eigenvalue weighted by Gasteiger charge is -2.28. The Kier molecular flexibility index (Phi) is 7.03. The molecule has 3 N–H and O–H groups in total. The second-order valence-corrected chi connectivity index (χ2v) is 9.58. The number of ether oxygens (including phenoxy) is 1. The van der Waals surface area contributed by atoms with Crippen molar-refractivity contribution in [2.45, 2.75) is 71.8 Å². The number of aliphatic carboxylic acids is 1. The Bertz CT molecular complexity index is 915. The molecule has 0 aliphatic heterocycles. The highest BCUT2D eigenvalue weighted by Gasteiger charge is 2.28. The second kappa shape index (κ2) is 8.99. The van der Waals surface area contributed by atoms with Crippen molar-refractivity contribution in [3.8, 4) is 17.0 Å². The molecule has 0 saturated carbocycles. The molecule has 1 amide bonds. The molecule has 0 aliphatic carbocycles. The van der Waals surface area contributed by atoms with E-state index in [2.05, 4.69) is 10.5 Å². The van der Waals surface area contributed by atoms with Gasteiger partial charge >= 0.3 is 12.1 Å². The maximum Gasteiger partial charge on any atom is 0.408 e. The van der Waals surface area contributed by atoms with Gasteiger partial charge in [-0.15, -0.1) is 0 Å². The number of nitrogens with one attached hydrogen (secondary N) is 1. The maximum atomic E-state index is 11.8. The fourth-order valence-corrected chi connectivity index (χ4v) is 3.16. The molecule has 1 aromatic carbocycles. The van der Waals surface area contributed by atoms with Crippen molar-refractivity contribution in [3.05, 3.63) is 35.1 Å². The molecule has 8 heteroatoms. The molecular weight excluding hydrogens is 400 g/mol. The smallest absolute Gasteiger partial charge is 0.408 e. The van der Waals surface area contributed by atoms with Gasteiger partial charge in [-0.05, 0) is 29.4 Å². The van der Waals surface area contributed by atoms with Crippen molar-refractivity contribution >= 4 is 12.1 Å². The van der Waals surface area contributed by atoms with Crippen LogP contribution in [0.3, 0.4) is 0 Å². The van der Waals surface area contributed by atoms with Crippen LogP contribution in [-0.4, -0.2) is 34.0 Å². The third kappa shape index (κ3) is 5.99. The lowest BCUT2D eigenvalue weighted by atomic mass is 9.78. The van der Waals surface area contributed by atoms with Crippen LogP contribution in [-0.2, 0) is 20.4 Å². The topological polar surface area (TPSA) is 122 Å². The van der Waals surface area contributed by atoms with Crippen molar-refractivity contribution in [2.24, 2.45) is 0 Å². The van der Waals surface area contributed by atoms with Crippen LogP contribution in [0.1, 0.15) is 77.9 Å². The molecule has 1 atom stereocenters. The molecule has 0 bridgehead atoms. The zero-order chi connectivity index (χ0) is 23.6. The van der Waals surface area contributed by atoms with Gasteiger partial charge in [-0.25, -0.2) is 4.79 Å². The number of aromatic hydroxyl groups is 1. The summed E-state index contributed by atoms with van der Waals surface area (Å²) < 4.78 is 10.7. The quantitative estimate of drug-likeness (QED) is 0.593. The van der Waals surface area contributed by atoms with E-state index in [1.807, 2.05) is 60.6 Å². The zero-order valence-electron chi connectivity index (χ0n) is 19.2. The highest BCUT2D eigenvalue weighted by Crippen LogP contribution is 2.42. The molecule has 0 aliphatic rings.